The maximum absolute atomic E-state index is 11.9. The first-order valence-corrected chi connectivity index (χ1v) is 7.19. The van der Waals surface area contributed by atoms with Gasteiger partial charge >= 0.3 is 15.8 Å². The summed E-state index contributed by atoms with van der Waals surface area (Å²) in [5.74, 6) is -0.404. The highest BCUT2D eigenvalue weighted by atomic mass is 35.5. The van der Waals surface area contributed by atoms with Crippen molar-refractivity contribution in [2.24, 2.45) is 0 Å². The minimum atomic E-state index is -4.51. The number of carbonyl (C=O) groups is 1. The van der Waals surface area contributed by atoms with E-state index in [-0.39, 0.29) is 23.8 Å². The number of nitrogens with one attached hydrogen (secondary N) is 1. The van der Waals surface area contributed by atoms with Gasteiger partial charge < -0.3 is 17.7 Å². The van der Waals surface area contributed by atoms with Crippen molar-refractivity contribution in [3.63, 3.8) is 0 Å². The van der Waals surface area contributed by atoms with Gasteiger partial charge in [-0.1, -0.05) is 18.2 Å². The highest BCUT2D eigenvalue weighted by Crippen LogP contribution is 2.27. The number of amides is 1. The summed E-state index contributed by atoms with van der Waals surface area (Å²) in [5, 5.41) is 11.3. The Hall–Kier alpha value is -2.47. The highest BCUT2D eigenvalue weighted by molar-refractivity contribution is 7.86. The van der Waals surface area contributed by atoms with Gasteiger partial charge in [-0.25, -0.2) is 0 Å². The van der Waals surface area contributed by atoms with E-state index in [1.807, 2.05) is 0 Å². The van der Waals surface area contributed by atoms with E-state index in [1.54, 1.807) is 30.3 Å². The fourth-order valence-electron chi connectivity index (χ4n) is 1.68. The summed E-state index contributed by atoms with van der Waals surface area (Å²) in [6.45, 7) is 0. The van der Waals surface area contributed by atoms with Gasteiger partial charge in [0.05, 0.1) is 6.07 Å². The van der Waals surface area contributed by atoms with Crippen molar-refractivity contribution in [3.8, 4) is 0 Å². The van der Waals surface area contributed by atoms with E-state index < -0.39 is 20.9 Å². The zero-order valence-electron chi connectivity index (χ0n) is 11.0. The van der Waals surface area contributed by atoms with E-state index in [2.05, 4.69) is 10.3 Å². The minimum absolute atomic E-state index is 0. The topological polar surface area (TPSA) is 112 Å². The Morgan fingerprint density at radius 3 is 2.32 bits per heavy atom. The fourth-order valence-corrected chi connectivity index (χ4v) is 2.29. The van der Waals surface area contributed by atoms with Crippen LogP contribution in [0.25, 0.3) is 4.98 Å². The summed E-state index contributed by atoms with van der Waals surface area (Å²) in [6.07, 6.45) is 0. The normalized spacial score (nSPS) is 10.2. The van der Waals surface area contributed by atoms with Gasteiger partial charge in [-0.15, -0.1) is 0 Å². The molecular weight excluding hydrogens is 330 g/mol. The molecule has 2 N–H and O–H groups in total. The van der Waals surface area contributed by atoms with Gasteiger partial charge in [0.1, 0.15) is 0 Å². The lowest BCUT2D eigenvalue weighted by Gasteiger charge is -2.04. The summed E-state index contributed by atoms with van der Waals surface area (Å²) in [4.78, 5) is 14.2. The molecular formula is C13H10ClN3O4S. The molecule has 0 saturated heterocycles. The van der Waals surface area contributed by atoms with Crippen molar-refractivity contribution in [2.75, 3.05) is 5.32 Å². The molecule has 0 aliphatic heterocycles. The van der Waals surface area contributed by atoms with E-state index in [0.717, 1.165) is 12.1 Å². The molecule has 0 heterocycles. The first-order chi connectivity index (χ1) is 9.91. The Kier molecular flexibility index (Phi) is 5.59. The first-order valence-electron chi connectivity index (χ1n) is 5.75. The van der Waals surface area contributed by atoms with Crippen LogP contribution in [0, 0.1) is 5.39 Å². The molecule has 0 fully saturated rings. The molecule has 0 spiro atoms. The first kappa shape index (κ1) is 17.6. The van der Waals surface area contributed by atoms with E-state index in [0.29, 0.717) is 5.56 Å². The lowest BCUT2D eigenvalue weighted by molar-refractivity contribution is -0.0000162. The molecule has 0 unspecified atom stereocenters. The Bertz CT molecular complexity index is 832. The molecule has 1 amide bonds. The van der Waals surface area contributed by atoms with Crippen LogP contribution in [-0.4, -0.2) is 18.9 Å². The molecule has 9 heteroatoms. The molecule has 0 bridgehead atoms. The maximum atomic E-state index is 11.9. The van der Waals surface area contributed by atoms with E-state index >= 15 is 0 Å². The predicted octanol–water partition coefficient (Wildman–Crippen LogP) is -0.326. The second-order valence-electron chi connectivity index (χ2n) is 4.08. The van der Waals surface area contributed by atoms with Gasteiger partial charge in [0.2, 0.25) is 5.39 Å². The van der Waals surface area contributed by atoms with Crippen molar-refractivity contribution >= 4 is 27.4 Å². The third-order valence-corrected chi connectivity index (χ3v) is 3.54. The lowest BCUT2D eigenvalue weighted by atomic mass is 10.2. The van der Waals surface area contributed by atoms with E-state index in [9.17, 15) is 13.2 Å². The van der Waals surface area contributed by atoms with Crippen LogP contribution in [0.5, 0.6) is 0 Å². The number of anilines is 1. The number of nitrogens with zero attached hydrogens (tertiary/aromatic N) is 2. The molecule has 7 nitrogen and oxygen atoms in total. The number of hydrogen-bond acceptors (Lipinski definition) is 4. The molecule has 2 aromatic rings. The Balaban J connectivity index is 0.00000242. The molecule has 0 aliphatic carbocycles. The zero-order valence-corrected chi connectivity index (χ0v) is 12.5. The summed E-state index contributed by atoms with van der Waals surface area (Å²) < 4.78 is 31.1. The van der Waals surface area contributed by atoms with Crippen molar-refractivity contribution < 1.29 is 30.2 Å². The highest BCUT2D eigenvalue weighted by Gasteiger charge is 2.25. The van der Waals surface area contributed by atoms with Crippen molar-refractivity contribution in [3.05, 3.63) is 59.1 Å². The van der Waals surface area contributed by atoms with Crippen LogP contribution in [0.4, 0.5) is 11.4 Å². The van der Waals surface area contributed by atoms with Crippen LogP contribution in [0.15, 0.2) is 53.4 Å². The van der Waals surface area contributed by atoms with Crippen LogP contribution in [0.2, 0.25) is 0 Å². The van der Waals surface area contributed by atoms with Crippen molar-refractivity contribution in [2.45, 2.75) is 4.90 Å². The number of carbonyl (C=O) groups excluding carboxylic acids is 1. The Labute approximate surface area is 132 Å². The van der Waals surface area contributed by atoms with Gasteiger partial charge in [-0.2, -0.15) is 8.42 Å². The van der Waals surface area contributed by atoms with Gasteiger partial charge in [-0.3, -0.25) is 9.35 Å². The third kappa shape index (κ3) is 4.02. The van der Waals surface area contributed by atoms with Crippen molar-refractivity contribution in [1.29, 1.82) is 5.39 Å². The van der Waals surface area contributed by atoms with Gasteiger partial charge in [-0.05, 0) is 24.3 Å². The van der Waals surface area contributed by atoms with Gasteiger partial charge in [0, 0.05) is 11.3 Å². The predicted molar refractivity (Wildman–Crippen MR) is 75.4 cm³/mol. The molecule has 0 radical (unpaired) electrons. The summed E-state index contributed by atoms with van der Waals surface area (Å²) in [7, 11) is -4.51. The average molecular weight is 340 g/mol. The van der Waals surface area contributed by atoms with Gasteiger partial charge in [0.15, 0.2) is 9.87 Å². The Morgan fingerprint density at radius 2 is 1.77 bits per heavy atom. The Morgan fingerprint density at radius 1 is 1.14 bits per heavy atom. The molecule has 2 aromatic carbocycles. The zero-order chi connectivity index (χ0) is 15.5. The molecule has 0 atom stereocenters. The quantitative estimate of drug-likeness (QED) is 0.587. The summed E-state index contributed by atoms with van der Waals surface area (Å²) >= 11 is 0. The molecule has 22 heavy (non-hydrogen) atoms. The van der Waals surface area contributed by atoms with Crippen LogP contribution < -0.4 is 17.7 Å². The van der Waals surface area contributed by atoms with Crippen molar-refractivity contribution in [1.82, 2.24) is 0 Å². The second kappa shape index (κ2) is 7.00. The van der Waals surface area contributed by atoms with Crippen LogP contribution >= 0.6 is 0 Å². The standard InChI is InChI=1S/C13H9N3O4S.ClH/c14-16-11-8-10(6-7-12(11)21(18,19)20)15-13(17)9-4-2-1-3-5-9;/h1-8H,(H-,15,17,18,19,20);1H. The van der Waals surface area contributed by atoms with Gasteiger partial charge in [0.25, 0.3) is 5.91 Å². The fraction of sp³-hybridized carbons (Fsp3) is 0. The number of rotatable bonds is 3. The number of benzene rings is 2. The molecule has 0 aliphatic rings. The monoisotopic (exact) mass is 339 g/mol. The largest absolute Gasteiger partial charge is 1.00 e. The summed E-state index contributed by atoms with van der Waals surface area (Å²) in [5.41, 5.74) is 0.270. The molecule has 114 valence electrons. The third-order valence-electron chi connectivity index (χ3n) is 2.64. The average Bonchev–Trinajstić information content (AvgIpc) is 2.46. The lowest BCUT2D eigenvalue weighted by Crippen LogP contribution is -3.00. The second-order valence-corrected chi connectivity index (χ2v) is 5.47. The smallest absolute Gasteiger partial charge is 0.408 e. The van der Waals surface area contributed by atoms with E-state index in [1.165, 1.54) is 6.07 Å². The summed E-state index contributed by atoms with van der Waals surface area (Å²) in [6, 6.07) is 11.8. The molecule has 0 aromatic heterocycles. The SMILES string of the molecule is N#[N+]c1cc(NC(=O)c2ccccc2)ccc1S(=O)(=O)O.[Cl-]. The number of diazo groups is 1. The maximum Gasteiger partial charge on any atom is 0.408 e. The number of halogens is 1. The van der Waals surface area contributed by atoms with Crippen LogP contribution in [0.1, 0.15) is 10.4 Å². The van der Waals surface area contributed by atoms with E-state index in [4.69, 9.17) is 9.95 Å². The minimum Gasteiger partial charge on any atom is -1.00 e. The molecule has 2 rings (SSSR count). The van der Waals surface area contributed by atoms with Crippen LogP contribution in [-0.2, 0) is 10.1 Å². The number of hydrogen-bond donors (Lipinski definition) is 2. The molecule has 0 saturated carbocycles. The van der Waals surface area contributed by atoms with Crippen LogP contribution in [0.3, 0.4) is 0 Å².